The van der Waals surface area contributed by atoms with Crippen LogP contribution in [0.1, 0.15) is 54.5 Å². The van der Waals surface area contributed by atoms with E-state index in [1.165, 1.54) is 18.2 Å². The molecule has 1 aromatic heterocycles. The van der Waals surface area contributed by atoms with E-state index in [2.05, 4.69) is 20.1 Å². The monoisotopic (exact) mass is 581 g/mol. The number of ether oxygens (including phenoxy) is 2. The molecule has 8 N–H and O–H groups in total. The number of carbonyl (C=O) groups is 1. The lowest BCUT2D eigenvalue weighted by molar-refractivity contribution is -0.0515. The van der Waals surface area contributed by atoms with E-state index in [-0.39, 0.29) is 52.4 Å². The van der Waals surface area contributed by atoms with Gasteiger partial charge in [0.05, 0.1) is 13.2 Å². The number of hydrazine groups is 1. The van der Waals surface area contributed by atoms with Gasteiger partial charge < -0.3 is 30.7 Å². The molecule has 1 saturated carbocycles. The van der Waals surface area contributed by atoms with E-state index < -0.39 is 30.2 Å². The Morgan fingerprint density at radius 3 is 2.51 bits per heavy atom. The summed E-state index contributed by atoms with van der Waals surface area (Å²) in [4.78, 5) is 17.4. The first-order valence-electron chi connectivity index (χ1n) is 12.7. The van der Waals surface area contributed by atoms with Crippen LogP contribution in [0.3, 0.4) is 0 Å². The molecule has 222 valence electrons. The maximum absolute atomic E-state index is 14.5. The Hall–Kier alpha value is -4.37. The number of amidine groups is 1. The first-order chi connectivity index (χ1) is 19.7. The van der Waals surface area contributed by atoms with Crippen molar-refractivity contribution in [3.8, 4) is 23.0 Å². The van der Waals surface area contributed by atoms with Crippen molar-refractivity contribution < 1.29 is 36.2 Å². The van der Waals surface area contributed by atoms with Gasteiger partial charge in [-0.05, 0) is 43.0 Å². The van der Waals surface area contributed by atoms with Gasteiger partial charge in [-0.2, -0.15) is 8.78 Å². The molecule has 0 bridgehead atoms. The quantitative estimate of drug-likeness (QED) is 0.0702. The Morgan fingerprint density at radius 1 is 1.17 bits per heavy atom. The van der Waals surface area contributed by atoms with Crippen LogP contribution < -0.4 is 37.6 Å². The molecular weight excluding hydrogens is 550 g/mol. The van der Waals surface area contributed by atoms with Crippen LogP contribution in [0.4, 0.5) is 17.6 Å². The summed E-state index contributed by atoms with van der Waals surface area (Å²) in [7, 11) is 0. The number of benzene rings is 2. The minimum atomic E-state index is -3.07. The molecule has 3 aromatic rings. The van der Waals surface area contributed by atoms with Crippen LogP contribution in [0.2, 0.25) is 0 Å². The van der Waals surface area contributed by atoms with Crippen molar-refractivity contribution in [3.05, 3.63) is 65.1 Å². The Kier molecular flexibility index (Phi) is 10.9. The minimum absolute atomic E-state index is 0.0401. The zero-order valence-corrected chi connectivity index (χ0v) is 22.3. The number of amides is 1. The average Bonchev–Trinajstić information content (AvgIpc) is 3.68. The Balaban J connectivity index is 0.00000226. The van der Waals surface area contributed by atoms with E-state index in [4.69, 9.17) is 26.5 Å². The topological polar surface area (TPSA) is 176 Å². The summed E-state index contributed by atoms with van der Waals surface area (Å²) < 4.78 is 69.6. The summed E-state index contributed by atoms with van der Waals surface area (Å²) >= 11 is 0. The largest absolute Gasteiger partial charge is 0.489 e. The van der Waals surface area contributed by atoms with Crippen molar-refractivity contribution in [3.63, 3.8) is 0 Å². The third kappa shape index (κ3) is 8.08. The van der Waals surface area contributed by atoms with Crippen molar-refractivity contribution in [2.75, 3.05) is 6.61 Å². The average molecular weight is 582 g/mol. The number of aromatic nitrogens is 1. The van der Waals surface area contributed by atoms with Gasteiger partial charge in [0.1, 0.15) is 23.5 Å². The minimum Gasteiger partial charge on any atom is -0.489 e. The van der Waals surface area contributed by atoms with E-state index in [0.717, 1.165) is 25.0 Å². The molecule has 0 aliphatic heterocycles. The highest BCUT2D eigenvalue weighted by atomic mass is 19.3. The van der Waals surface area contributed by atoms with E-state index in [9.17, 15) is 22.4 Å². The molecule has 0 saturated heterocycles. The molecule has 1 unspecified atom stereocenters. The predicted octanol–water partition coefficient (Wildman–Crippen LogP) is 3.70. The fraction of sp³-hybridized carbons (Fsp3) is 0.346. The third-order valence-corrected chi connectivity index (χ3v) is 5.71. The fourth-order valence-corrected chi connectivity index (χ4v) is 3.62. The number of oxazole rings is 1. The van der Waals surface area contributed by atoms with E-state index >= 15 is 0 Å². The Bertz CT molecular complexity index is 1370. The van der Waals surface area contributed by atoms with Crippen molar-refractivity contribution in [1.82, 2.24) is 15.8 Å². The number of carbonyl (C=O) groups excluding carboxylic acids is 1. The van der Waals surface area contributed by atoms with Gasteiger partial charge in [-0.1, -0.05) is 19.9 Å². The van der Waals surface area contributed by atoms with Gasteiger partial charge in [0.15, 0.2) is 23.0 Å². The Labute approximate surface area is 233 Å². The zero-order chi connectivity index (χ0) is 30.1. The van der Waals surface area contributed by atoms with E-state index in [1.807, 2.05) is 19.4 Å². The standard InChI is InChI=1S/C24H25F4N7O4.C2H6/c25-13-4-5-14(15(26)8-13)19(21(30)34-35-31)32-22(36)20-18(9-29)38-23(33-20)12-3-6-16(39-24(27)28)17(7-12)37-10-11-1-2-11;1-2/h3-8,11,19,24,35H,1-2,9-10,29,31H2,(H2,30,34)(H,32,36);1-2H3. The third-order valence-electron chi connectivity index (χ3n) is 5.71. The highest BCUT2D eigenvalue weighted by molar-refractivity contribution is 5.98. The summed E-state index contributed by atoms with van der Waals surface area (Å²) in [5, 5.41) is 6.04. The number of hydrazone groups is 1. The summed E-state index contributed by atoms with van der Waals surface area (Å²) in [6.07, 6.45) is 1.95. The molecule has 0 spiro atoms. The van der Waals surface area contributed by atoms with Gasteiger partial charge in [0.2, 0.25) is 5.89 Å². The van der Waals surface area contributed by atoms with Crippen molar-refractivity contribution >= 4 is 11.7 Å². The molecule has 1 aliphatic carbocycles. The highest BCUT2D eigenvalue weighted by Gasteiger charge is 2.28. The maximum atomic E-state index is 14.5. The molecule has 1 fully saturated rings. The van der Waals surface area contributed by atoms with Crippen molar-refractivity contribution in [1.29, 1.82) is 0 Å². The summed E-state index contributed by atoms with van der Waals surface area (Å²) in [5.41, 5.74) is 13.4. The van der Waals surface area contributed by atoms with Crippen LogP contribution in [0.15, 0.2) is 45.9 Å². The summed E-state index contributed by atoms with van der Waals surface area (Å²) in [6.45, 7) is 0.999. The Morgan fingerprint density at radius 2 is 1.90 bits per heavy atom. The van der Waals surface area contributed by atoms with Gasteiger partial charge in [-0.15, -0.1) is 5.10 Å². The molecule has 1 amide bonds. The second-order valence-electron chi connectivity index (χ2n) is 8.53. The maximum Gasteiger partial charge on any atom is 0.387 e. The number of nitrogens with zero attached hydrogens (tertiary/aromatic N) is 2. The normalized spacial score (nSPS) is 13.7. The van der Waals surface area contributed by atoms with Gasteiger partial charge in [0, 0.05) is 17.2 Å². The van der Waals surface area contributed by atoms with Crippen LogP contribution >= 0.6 is 0 Å². The first kappa shape index (κ1) is 31.2. The molecule has 1 atom stereocenters. The van der Waals surface area contributed by atoms with Gasteiger partial charge in [-0.25, -0.2) is 25.1 Å². The molecule has 15 heteroatoms. The lowest BCUT2D eigenvalue weighted by atomic mass is 10.0. The number of alkyl halides is 2. The fourth-order valence-electron chi connectivity index (χ4n) is 3.62. The molecule has 2 aromatic carbocycles. The van der Waals surface area contributed by atoms with E-state index in [1.54, 1.807) is 0 Å². The van der Waals surface area contributed by atoms with Gasteiger partial charge in [0.25, 0.3) is 5.91 Å². The molecule has 4 rings (SSSR count). The summed E-state index contributed by atoms with van der Waals surface area (Å²) in [5.74, 6) is 2.19. The number of hydrogen-bond donors (Lipinski definition) is 5. The first-order valence-corrected chi connectivity index (χ1v) is 12.7. The second kappa shape index (κ2) is 14.3. The SMILES string of the molecule is CC.NCc1oc(-c2ccc(OC(F)F)c(OCC3CC3)c2)nc1C(=O)NC(/C(N)=N/NN)c1ccc(F)cc1F. The second-order valence-corrected chi connectivity index (χ2v) is 8.53. The lowest BCUT2D eigenvalue weighted by Gasteiger charge is -2.19. The number of nitrogens with one attached hydrogen (secondary N) is 2. The van der Waals surface area contributed by atoms with Crippen molar-refractivity contribution in [2.24, 2.45) is 28.3 Å². The van der Waals surface area contributed by atoms with Gasteiger partial charge in [-0.3, -0.25) is 4.79 Å². The van der Waals surface area contributed by atoms with Gasteiger partial charge >= 0.3 is 6.61 Å². The van der Waals surface area contributed by atoms with Crippen LogP contribution in [0, 0.1) is 17.6 Å². The van der Waals surface area contributed by atoms with Crippen LogP contribution in [-0.4, -0.2) is 29.9 Å². The molecule has 1 heterocycles. The van der Waals surface area contributed by atoms with Crippen molar-refractivity contribution in [2.45, 2.75) is 45.9 Å². The van der Waals surface area contributed by atoms with E-state index in [0.29, 0.717) is 18.6 Å². The van der Waals surface area contributed by atoms with Crippen LogP contribution in [0.25, 0.3) is 11.5 Å². The molecule has 0 radical (unpaired) electrons. The number of rotatable bonds is 12. The lowest BCUT2D eigenvalue weighted by Crippen LogP contribution is -2.40. The number of halogens is 4. The number of nitrogens with two attached hydrogens (primary N) is 3. The molecule has 41 heavy (non-hydrogen) atoms. The molecule has 1 aliphatic rings. The van der Waals surface area contributed by atoms with Crippen LogP contribution in [-0.2, 0) is 6.54 Å². The highest BCUT2D eigenvalue weighted by Crippen LogP contribution is 2.36. The number of hydrogen-bond acceptors (Lipinski definition) is 9. The molecular formula is C26H31F4N7O4. The van der Waals surface area contributed by atoms with Crippen LogP contribution in [0.5, 0.6) is 11.5 Å². The smallest absolute Gasteiger partial charge is 0.387 e. The molecule has 11 nitrogen and oxygen atoms in total. The summed E-state index contributed by atoms with van der Waals surface area (Å²) in [6, 6.07) is 5.34. The predicted molar refractivity (Wildman–Crippen MR) is 142 cm³/mol. The zero-order valence-electron chi connectivity index (χ0n) is 22.3.